The lowest BCUT2D eigenvalue weighted by Gasteiger charge is -2.28. The SMILES string of the molecule is COc1cc(C(C)(C)c2cnc(SCc3c(F)cc(S(=O)(=O)N(C)C(CCC[NH+](C)C)C(=O)O)cc3F)n2-c2ccc(F)cc2)ccc1F. The molecule has 2 N–H and O–H groups in total. The Bertz CT molecular complexity index is 1900. The van der Waals surface area contributed by atoms with Crippen molar-refractivity contribution in [3.05, 3.63) is 101 Å². The predicted molar refractivity (Wildman–Crippen MR) is 178 cm³/mol. The van der Waals surface area contributed by atoms with E-state index in [1.807, 2.05) is 27.9 Å². The maximum Gasteiger partial charge on any atom is 0.322 e. The van der Waals surface area contributed by atoms with Crippen molar-refractivity contribution in [2.24, 2.45) is 0 Å². The molecule has 49 heavy (non-hydrogen) atoms. The minimum absolute atomic E-state index is 0.0180. The van der Waals surface area contributed by atoms with E-state index in [9.17, 15) is 27.1 Å². The van der Waals surface area contributed by atoms with Gasteiger partial charge in [0.25, 0.3) is 0 Å². The number of hydrogen-bond acceptors (Lipinski definition) is 6. The van der Waals surface area contributed by atoms with Crippen LogP contribution in [0.1, 0.15) is 43.5 Å². The van der Waals surface area contributed by atoms with Gasteiger partial charge in [-0.25, -0.2) is 31.0 Å². The number of carboxylic acids is 1. The summed E-state index contributed by atoms with van der Waals surface area (Å²) < 4.78 is 93.2. The monoisotopic (exact) mass is 723 g/mol. The van der Waals surface area contributed by atoms with Gasteiger partial charge < -0.3 is 14.7 Å². The molecule has 9 nitrogen and oxygen atoms in total. The Hall–Kier alpha value is -3.92. The zero-order valence-corrected chi connectivity index (χ0v) is 29.6. The lowest BCUT2D eigenvalue weighted by Crippen LogP contribution is -3.05. The quantitative estimate of drug-likeness (QED) is 0.131. The average Bonchev–Trinajstić information content (AvgIpc) is 3.47. The highest BCUT2D eigenvalue weighted by Crippen LogP contribution is 2.38. The number of aliphatic carboxylic acids is 1. The van der Waals surface area contributed by atoms with Crippen molar-refractivity contribution in [1.82, 2.24) is 13.9 Å². The van der Waals surface area contributed by atoms with E-state index in [2.05, 4.69) is 4.98 Å². The molecule has 15 heteroatoms. The van der Waals surface area contributed by atoms with Crippen LogP contribution in [0.2, 0.25) is 0 Å². The topological polar surface area (TPSA) is 106 Å². The van der Waals surface area contributed by atoms with Crippen molar-refractivity contribution in [2.45, 2.75) is 54.0 Å². The van der Waals surface area contributed by atoms with Crippen molar-refractivity contribution in [2.75, 3.05) is 34.8 Å². The van der Waals surface area contributed by atoms with Crippen LogP contribution in [0, 0.1) is 23.3 Å². The van der Waals surface area contributed by atoms with E-state index in [1.165, 1.54) is 37.4 Å². The number of nitrogens with one attached hydrogen (secondary N) is 1. The number of sulfonamides is 1. The van der Waals surface area contributed by atoms with Crippen LogP contribution < -0.4 is 9.64 Å². The summed E-state index contributed by atoms with van der Waals surface area (Å²) in [5, 5.41) is 10.0. The number of imidazole rings is 1. The molecular weight excluding hydrogens is 685 g/mol. The third kappa shape index (κ3) is 8.28. The maximum absolute atomic E-state index is 15.5. The number of ether oxygens (including phenoxy) is 1. The molecule has 0 aliphatic heterocycles. The Labute approximate surface area is 287 Å². The molecule has 0 saturated carbocycles. The number of methoxy groups -OCH3 is 1. The van der Waals surface area contributed by atoms with Gasteiger partial charge >= 0.3 is 5.97 Å². The standard InChI is InChI=1S/C34H38F4N4O5S2/c1-34(2,21-9-14-26(36)30(16-21)47-6)31-19-39-33(42(31)23-12-10-22(35)11-13-23)48-20-25-27(37)17-24(18-28(25)38)49(45,46)41(5)29(32(43)44)8-7-15-40(3)4/h9-14,16-19,29H,7-8,15,20H2,1-6H3,(H,43,44)/p+1. The number of likely N-dealkylation sites (N-methyl/N-ethyl adjacent to an activating group) is 1. The van der Waals surface area contributed by atoms with Crippen LogP contribution in [0.3, 0.4) is 0 Å². The second kappa shape index (κ2) is 15.3. The summed E-state index contributed by atoms with van der Waals surface area (Å²) >= 11 is 0.963. The number of carboxylic acid groups (broad SMARTS) is 1. The number of hydrogen-bond donors (Lipinski definition) is 2. The Morgan fingerprint density at radius 3 is 2.24 bits per heavy atom. The molecule has 0 bridgehead atoms. The van der Waals surface area contributed by atoms with Crippen molar-refractivity contribution in [1.29, 1.82) is 0 Å². The average molecular weight is 724 g/mol. The number of quaternary nitrogens is 1. The summed E-state index contributed by atoms with van der Waals surface area (Å²) in [6.45, 7) is 4.35. The van der Waals surface area contributed by atoms with Gasteiger partial charge in [-0.05, 0) is 66.9 Å². The number of rotatable bonds is 15. The third-order valence-corrected chi connectivity index (χ3v) is 11.2. The summed E-state index contributed by atoms with van der Waals surface area (Å²) in [5.41, 5.74) is 0.535. The van der Waals surface area contributed by atoms with E-state index < -0.39 is 61.2 Å². The second-order valence-electron chi connectivity index (χ2n) is 12.3. The molecule has 4 aromatic rings. The summed E-state index contributed by atoms with van der Waals surface area (Å²) in [7, 11) is 1.61. The van der Waals surface area contributed by atoms with Crippen LogP contribution >= 0.6 is 11.8 Å². The van der Waals surface area contributed by atoms with E-state index in [4.69, 9.17) is 4.74 Å². The Morgan fingerprint density at radius 1 is 1.04 bits per heavy atom. The fourth-order valence-corrected chi connectivity index (χ4v) is 7.74. The molecule has 0 fully saturated rings. The summed E-state index contributed by atoms with van der Waals surface area (Å²) in [6, 6.07) is 9.94. The number of halogens is 4. The van der Waals surface area contributed by atoms with Gasteiger partial charge in [0, 0.05) is 29.5 Å². The van der Waals surface area contributed by atoms with Gasteiger partial charge in [-0.2, -0.15) is 4.31 Å². The minimum atomic E-state index is -4.58. The van der Waals surface area contributed by atoms with Crippen molar-refractivity contribution in [3.8, 4) is 11.4 Å². The van der Waals surface area contributed by atoms with Crippen LogP contribution in [-0.2, 0) is 26.0 Å². The highest BCUT2D eigenvalue weighted by Gasteiger charge is 2.34. The molecule has 1 unspecified atom stereocenters. The molecular formula is C34H39F4N4O5S2+. The van der Waals surface area contributed by atoms with Crippen molar-refractivity contribution in [3.63, 3.8) is 0 Å². The first-order chi connectivity index (χ1) is 23.0. The minimum Gasteiger partial charge on any atom is -0.494 e. The number of thioether (sulfide) groups is 1. The number of benzene rings is 3. The largest absolute Gasteiger partial charge is 0.494 e. The molecule has 0 radical (unpaired) electrons. The first kappa shape index (κ1) is 37.9. The predicted octanol–water partition coefficient (Wildman–Crippen LogP) is 5.05. The summed E-state index contributed by atoms with van der Waals surface area (Å²) in [6.07, 6.45) is 2.01. The van der Waals surface area contributed by atoms with Crippen molar-refractivity contribution < 1.29 is 45.5 Å². The maximum atomic E-state index is 15.5. The smallest absolute Gasteiger partial charge is 0.322 e. The molecule has 0 amide bonds. The van der Waals surface area contributed by atoms with Gasteiger partial charge in [0.1, 0.15) is 23.5 Å². The molecule has 1 heterocycles. The summed E-state index contributed by atoms with van der Waals surface area (Å²) in [4.78, 5) is 16.8. The normalized spacial score (nSPS) is 12.9. The number of carbonyl (C=O) groups is 1. The van der Waals surface area contributed by atoms with E-state index in [0.717, 1.165) is 23.7 Å². The number of aromatic nitrogens is 2. The highest BCUT2D eigenvalue weighted by molar-refractivity contribution is 7.98. The molecule has 4 rings (SSSR count). The van der Waals surface area contributed by atoms with Crippen LogP contribution in [-0.4, -0.2) is 74.2 Å². The van der Waals surface area contributed by atoms with Crippen LogP contribution in [0.4, 0.5) is 17.6 Å². The van der Waals surface area contributed by atoms with Gasteiger partial charge in [-0.15, -0.1) is 0 Å². The fraction of sp³-hybridized carbons (Fsp3) is 0.353. The third-order valence-electron chi connectivity index (χ3n) is 8.34. The number of nitrogens with zero attached hydrogens (tertiary/aromatic N) is 3. The lowest BCUT2D eigenvalue weighted by atomic mass is 9.81. The Balaban J connectivity index is 1.67. The van der Waals surface area contributed by atoms with Gasteiger partial charge in [-0.3, -0.25) is 9.36 Å². The zero-order valence-electron chi connectivity index (χ0n) is 27.9. The second-order valence-corrected chi connectivity index (χ2v) is 15.3. The molecule has 264 valence electrons. The molecule has 3 aromatic carbocycles. The molecule has 0 aliphatic rings. The van der Waals surface area contributed by atoms with Gasteiger partial charge in [-0.1, -0.05) is 31.7 Å². The zero-order chi connectivity index (χ0) is 36.3. The lowest BCUT2D eigenvalue weighted by molar-refractivity contribution is -0.858. The Morgan fingerprint density at radius 2 is 1.67 bits per heavy atom. The van der Waals surface area contributed by atoms with Crippen molar-refractivity contribution >= 4 is 27.8 Å². The van der Waals surface area contributed by atoms with Gasteiger partial charge in [0.2, 0.25) is 10.0 Å². The molecule has 0 saturated heterocycles. The van der Waals surface area contributed by atoms with Crippen LogP contribution in [0.5, 0.6) is 5.75 Å². The van der Waals surface area contributed by atoms with Gasteiger partial charge in [0.05, 0.1) is 44.5 Å². The molecule has 1 atom stereocenters. The fourth-order valence-electron chi connectivity index (χ4n) is 5.36. The van der Waals surface area contributed by atoms with E-state index >= 15 is 8.78 Å². The highest BCUT2D eigenvalue weighted by atomic mass is 32.2. The molecule has 0 spiro atoms. The van der Waals surface area contributed by atoms with Crippen LogP contribution in [0.25, 0.3) is 5.69 Å². The van der Waals surface area contributed by atoms with E-state index in [0.29, 0.717) is 51.5 Å². The molecule has 1 aromatic heterocycles. The summed E-state index contributed by atoms with van der Waals surface area (Å²) in [5.74, 6) is -4.92. The first-order valence-corrected chi connectivity index (χ1v) is 17.7. The Kier molecular flexibility index (Phi) is 11.8. The van der Waals surface area contributed by atoms with E-state index in [-0.39, 0.29) is 17.9 Å². The first-order valence-electron chi connectivity index (χ1n) is 15.3. The molecule has 0 aliphatic carbocycles. The van der Waals surface area contributed by atoms with E-state index in [1.54, 1.807) is 22.9 Å². The van der Waals surface area contributed by atoms with Crippen LogP contribution in [0.15, 0.2) is 70.8 Å². The van der Waals surface area contributed by atoms with Gasteiger partial charge in [0.15, 0.2) is 16.7 Å².